The molecule has 0 aliphatic carbocycles. The number of piperidine rings is 1. The number of likely N-dealkylation sites (tertiary alicyclic amines) is 1. The van der Waals surface area contributed by atoms with E-state index in [1.165, 1.54) is 0 Å². The number of carbonyl (C=O) groups is 1. The molecule has 0 bridgehead atoms. The monoisotopic (exact) mass is 378 g/mol. The Balaban J connectivity index is 1.66. The molecule has 2 heterocycles. The number of H-pyrrole nitrogens is 1. The molecular formula is C18H23BrN2O2. The van der Waals surface area contributed by atoms with Crippen molar-refractivity contribution in [2.24, 2.45) is 5.92 Å². The number of aliphatic hydroxyl groups is 1. The topological polar surface area (TPSA) is 56.3 Å². The van der Waals surface area contributed by atoms with Crippen LogP contribution in [0.2, 0.25) is 0 Å². The van der Waals surface area contributed by atoms with Crippen LogP contribution >= 0.6 is 15.9 Å². The first-order valence-corrected chi connectivity index (χ1v) is 8.91. The van der Waals surface area contributed by atoms with Crippen LogP contribution in [0.25, 0.3) is 10.9 Å². The van der Waals surface area contributed by atoms with Crippen LogP contribution in [0.3, 0.4) is 0 Å². The molecule has 2 aromatic rings. The Morgan fingerprint density at radius 1 is 1.35 bits per heavy atom. The number of rotatable bonds is 3. The molecule has 1 saturated heterocycles. The van der Waals surface area contributed by atoms with Crippen LogP contribution in [0.15, 0.2) is 28.7 Å². The van der Waals surface area contributed by atoms with Crippen molar-refractivity contribution in [2.75, 3.05) is 13.1 Å². The fraction of sp³-hybridized carbons (Fsp3) is 0.500. The molecule has 124 valence electrons. The van der Waals surface area contributed by atoms with Crippen LogP contribution in [0.1, 0.15) is 43.6 Å². The number of amides is 1. The lowest BCUT2D eigenvalue weighted by molar-refractivity contribution is 0.0357. The number of carbonyl (C=O) groups excluding carboxylic acids is 1. The van der Waals surface area contributed by atoms with Crippen molar-refractivity contribution >= 4 is 32.7 Å². The second-order valence-electron chi connectivity index (χ2n) is 7.17. The van der Waals surface area contributed by atoms with E-state index in [0.29, 0.717) is 11.6 Å². The van der Waals surface area contributed by atoms with Crippen molar-refractivity contribution in [1.82, 2.24) is 9.88 Å². The second kappa shape index (κ2) is 6.29. The molecule has 3 rings (SSSR count). The van der Waals surface area contributed by atoms with Gasteiger partial charge in [0.25, 0.3) is 5.91 Å². The first-order valence-electron chi connectivity index (χ1n) is 8.12. The van der Waals surface area contributed by atoms with Crippen LogP contribution in [0, 0.1) is 5.92 Å². The number of benzene rings is 1. The maximum Gasteiger partial charge on any atom is 0.270 e. The maximum absolute atomic E-state index is 12.7. The molecule has 2 N–H and O–H groups in total. The van der Waals surface area contributed by atoms with Crippen molar-refractivity contribution in [1.29, 1.82) is 0 Å². The van der Waals surface area contributed by atoms with E-state index in [4.69, 9.17) is 0 Å². The quantitative estimate of drug-likeness (QED) is 0.849. The molecule has 1 fully saturated rings. The minimum atomic E-state index is -0.624. The van der Waals surface area contributed by atoms with Crippen molar-refractivity contribution in [3.8, 4) is 0 Å². The third kappa shape index (κ3) is 3.96. The van der Waals surface area contributed by atoms with Gasteiger partial charge in [0.2, 0.25) is 0 Å². The average molecular weight is 379 g/mol. The zero-order valence-corrected chi connectivity index (χ0v) is 15.2. The molecular weight excluding hydrogens is 356 g/mol. The SMILES string of the molecule is CC(C)(O)CC1CCN(C(=O)c2cc3cc(Br)ccc3[nH]2)CC1. The molecule has 0 unspecified atom stereocenters. The molecule has 5 heteroatoms. The van der Waals surface area contributed by atoms with Gasteiger partial charge >= 0.3 is 0 Å². The van der Waals surface area contributed by atoms with Gasteiger partial charge in [0.1, 0.15) is 5.69 Å². The number of aromatic nitrogens is 1. The Bertz CT molecular complexity index is 709. The Morgan fingerprint density at radius 3 is 2.70 bits per heavy atom. The summed E-state index contributed by atoms with van der Waals surface area (Å²) in [6, 6.07) is 7.88. The highest BCUT2D eigenvalue weighted by molar-refractivity contribution is 9.10. The van der Waals surface area contributed by atoms with Gasteiger partial charge in [0, 0.05) is 28.5 Å². The Hall–Kier alpha value is -1.33. The third-order valence-corrected chi connectivity index (χ3v) is 5.00. The highest BCUT2D eigenvalue weighted by atomic mass is 79.9. The number of aromatic amines is 1. The van der Waals surface area contributed by atoms with E-state index in [2.05, 4.69) is 20.9 Å². The van der Waals surface area contributed by atoms with E-state index < -0.39 is 5.60 Å². The standard InChI is InChI=1S/C18H23BrN2O2/c1-18(2,23)11-12-5-7-21(8-6-12)17(22)16-10-13-9-14(19)3-4-15(13)20-16/h3-4,9-10,12,20,23H,5-8,11H2,1-2H3. The predicted molar refractivity (Wildman–Crippen MR) is 95.5 cm³/mol. The molecule has 1 aromatic heterocycles. The van der Waals surface area contributed by atoms with Gasteiger partial charge in [0.15, 0.2) is 0 Å². The Kier molecular flexibility index (Phi) is 4.52. The van der Waals surface area contributed by atoms with Crippen LogP contribution in [0.4, 0.5) is 0 Å². The number of halogens is 1. The number of nitrogens with zero attached hydrogens (tertiary/aromatic N) is 1. The zero-order chi connectivity index (χ0) is 16.6. The van der Waals surface area contributed by atoms with E-state index >= 15 is 0 Å². The normalized spacial score (nSPS) is 17.0. The van der Waals surface area contributed by atoms with Gasteiger partial charge in [0.05, 0.1) is 5.60 Å². The van der Waals surface area contributed by atoms with Gasteiger partial charge in [-0.25, -0.2) is 0 Å². The largest absolute Gasteiger partial charge is 0.390 e. The molecule has 4 nitrogen and oxygen atoms in total. The van der Waals surface area contributed by atoms with E-state index in [-0.39, 0.29) is 5.91 Å². The van der Waals surface area contributed by atoms with Crippen molar-refractivity contribution < 1.29 is 9.90 Å². The molecule has 1 aliphatic heterocycles. The summed E-state index contributed by atoms with van der Waals surface area (Å²) in [5.74, 6) is 0.566. The summed E-state index contributed by atoms with van der Waals surface area (Å²) in [5.41, 5.74) is 1.01. The lowest BCUT2D eigenvalue weighted by Gasteiger charge is -2.34. The summed E-state index contributed by atoms with van der Waals surface area (Å²) in [7, 11) is 0. The number of fused-ring (bicyclic) bond motifs is 1. The molecule has 23 heavy (non-hydrogen) atoms. The minimum Gasteiger partial charge on any atom is -0.390 e. The molecule has 1 aliphatic rings. The number of hydrogen-bond donors (Lipinski definition) is 2. The summed E-state index contributed by atoms with van der Waals surface area (Å²) in [4.78, 5) is 17.8. The first kappa shape index (κ1) is 16.5. The van der Waals surface area contributed by atoms with E-state index in [1.807, 2.05) is 43.0 Å². The summed E-state index contributed by atoms with van der Waals surface area (Å²) < 4.78 is 1.01. The van der Waals surface area contributed by atoms with Crippen molar-refractivity contribution in [3.63, 3.8) is 0 Å². The van der Waals surface area contributed by atoms with E-state index in [9.17, 15) is 9.90 Å². The summed E-state index contributed by atoms with van der Waals surface area (Å²) in [6.45, 7) is 5.23. The lowest BCUT2D eigenvalue weighted by Crippen LogP contribution is -2.40. The van der Waals surface area contributed by atoms with Gasteiger partial charge in [-0.2, -0.15) is 0 Å². The average Bonchev–Trinajstić information content (AvgIpc) is 2.88. The van der Waals surface area contributed by atoms with Crippen LogP contribution in [0.5, 0.6) is 0 Å². The number of hydrogen-bond acceptors (Lipinski definition) is 2. The fourth-order valence-corrected chi connectivity index (χ4v) is 3.81. The highest BCUT2D eigenvalue weighted by Gasteiger charge is 2.27. The fourth-order valence-electron chi connectivity index (χ4n) is 3.44. The summed E-state index contributed by atoms with van der Waals surface area (Å²) in [6.07, 6.45) is 2.72. The zero-order valence-electron chi connectivity index (χ0n) is 13.6. The molecule has 0 spiro atoms. The van der Waals surface area contributed by atoms with Gasteiger partial charge in [-0.3, -0.25) is 4.79 Å². The molecule has 0 radical (unpaired) electrons. The van der Waals surface area contributed by atoms with Gasteiger partial charge in [-0.15, -0.1) is 0 Å². The minimum absolute atomic E-state index is 0.0685. The first-order chi connectivity index (χ1) is 10.8. The second-order valence-corrected chi connectivity index (χ2v) is 8.08. The lowest BCUT2D eigenvalue weighted by atomic mass is 9.86. The van der Waals surface area contributed by atoms with Crippen molar-refractivity contribution in [3.05, 3.63) is 34.4 Å². The third-order valence-electron chi connectivity index (χ3n) is 4.50. The number of nitrogens with one attached hydrogen (secondary N) is 1. The van der Waals surface area contributed by atoms with E-state index in [0.717, 1.165) is 47.7 Å². The van der Waals surface area contributed by atoms with Gasteiger partial charge in [-0.05, 0) is 63.3 Å². The summed E-state index contributed by atoms with van der Waals surface area (Å²) in [5, 5.41) is 11.0. The van der Waals surface area contributed by atoms with Crippen LogP contribution in [-0.4, -0.2) is 39.6 Å². The Morgan fingerprint density at radius 2 is 2.04 bits per heavy atom. The maximum atomic E-state index is 12.7. The van der Waals surface area contributed by atoms with Gasteiger partial charge in [-0.1, -0.05) is 15.9 Å². The van der Waals surface area contributed by atoms with E-state index in [1.54, 1.807) is 0 Å². The highest BCUT2D eigenvalue weighted by Crippen LogP contribution is 2.27. The molecule has 1 aromatic carbocycles. The van der Waals surface area contributed by atoms with Crippen LogP contribution in [-0.2, 0) is 0 Å². The summed E-state index contributed by atoms with van der Waals surface area (Å²) >= 11 is 3.46. The van der Waals surface area contributed by atoms with Crippen LogP contribution < -0.4 is 0 Å². The molecule has 0 saturated carbocycles. The predicted octanol–water partition coefficient (Wildman–Crippen LogP) is 3.94. The molecule has 0 atom stereocenters. The molecule has 1 amide bonds. The Labute approximate surface area is 145 Å². The smallest absolute Gasteiger partial charge is 0.270 e. The van der Waals surface area contributed by atoms with Crippen molar-refractivity contribution in [2.45, 2.75) is 38.7 Å². The van der Waals surface area contributed by atoms with Gasteiger partial charge < -0.3 is 15.0 Å².